The lowest BCUT2D eigenvalue weighted by Crippen LogP contribution is -2.09. The highest BCUT2D eigenvalue weighted by atomic mass is 35.5. The Hall–Kier alpha value is -2.68. The summed E-state index contributed by atoms with van der Waals surface area (Å²) >= 11 is 8.75. The first kappa shape index (κ1) is 20.6. The van der Waals surface area contributed by atoms with Crippen molar-refractivity contribution in [3.05, 3.63) is 67.9 Å². The molecule has 0 bridgehead atoms. The van der Waals surface area contributed by atoms with Crippen molar-refractivity contribution in [1.29, 1.82) is 0 Å². The molecule has 0 aliphatic rings. The second kappa shape index (κ2) is 8.59. The minimum atomic E-state index is -0.183. The maximum Gasteiger partial charge on any atom is 0.267 e. The monoisotopic (exact) mass is 458 g/mol. The molecule has 0 radical (unpaired) electrons. The fourth-order valence-corrected chi connectivity index (χ4v) is 4.70. The summed E-state index contributed by atoms with van der Waals surface area (Å²) in [5.74, 6) is 0.593. The van der Waals surface area contributed by atoms with Gasteiger partial charge in [-0.1, -0.05) is 11.6 Å². The van der Waals surface area contributed by atoms with Crippen molar-refractivity contribution >= 4 is 45.3 Å². The van der Waals surface area contributed by atoms with Crippen LogP contribution in [0.3, 0.4) is 0 Å². The number of hydrogen-bond donors (Lipinski definition) is 1. The third-order valence-corrected chi connectivity index (χ3v) is 6.39. The molecule has 1 aromatic carbocycles. The summed E-state index contributed by atoms with van der Waals surface area (Å²) in [5.41, 5.74) is 4.57. The van der Waals surface area contributed by atoms with Crippen molar-refractivity contribution in [2.45, 2.75) is 20.5 Å². The predicted molar refractivity (Wildman–Crippen MR) is 122 cm³/mol. The largest absolute Gasteiger partial charge is 0.489 e. The molecule has 4 aromatic rings. The number of thiazole rings is 1. The van der Waals surface area contributed by atoms with Crippen molar-refractivity contribution in [3.8, 4) is 17.0 Å². The van der Waals surface area contributed by atoms with Crippen LogP contribution in [0, 0.1) is 13.8 Å². The lowest BCUT2D eigenvalue weighted by atomic mass is 10.2. The molecule has 3 heterocycles. The number of benzene rings is 1. The van der Waals surface area contributed by atoms with Gasteiger partial charge in [-0.15, -0.1) is 22.7 Å². The number of carbonyl (C=O) groups is 1. The van der Waals surface area contributed by atoms with E-state index in [2.05, 4.69) is 15.4 Å². The zero-order valence-electron chi connectivity index (χ0n) is 16.6. The van der Waals surface area contributed by atoms with Gasteiger partial charge in [0.15, 0.2) is 5.13 Å². The minimum absolute atomic E-state index is 0.183. The Kier molecular flexibility index (Phi) is 5.90. The number of hydrogen-bond acceptors (Lipinski definition) is 6. The normalized spacial score (nSPS) is 10.9. The maximum atomic E-state index is 12.6. The van der Waals surface area contributed by atoms with Gasteiger partial charge in [0.2, 0.25) is 0 Å². The number of carbonyl (C=O) groups excluding carboxylic acids is 1. The van der Waals surface area contributed by atoms with Crippen LogP contribution in [0.1, 0.15) is 26.5 Å². The lowest BCUT2D eigenvalue weighted by molar-refractivity contribution is 0.103. The number of aryl methyl sites for hydroxylation is 3. The second-order valence-corrected chi connectivity index (χ2v) is 9.02. The summed E-state index contributed by atoms with van der Waals surface area (Å²) in [6, 6.07) is 7.34. The molecule has 30 heavy (non-hydrogen) atoms. The van der Waals surface area contributed by atoms with E-state index in [0.29, 0.717) is 21.6 Å². The highest BCUT2D eigenvalue weighted by molar-refractivity contribution is 7.14. The van der Waals surface area contributed by atoms with Gasteiger partial charge in [-0.05, 0) is 49.1 Å². The Morgan fingerprint density at radius 2 is 2.07 bits per heavy atom. The lowest BCUT2D eigenvalue weighted by Gasteiger charge is -2.08. The number of anilines is 1. The average Bonchev–Trinajstić information content (AvgIpc) is 3.41. The van der Waals surface area contributed by atoms with Crippen molar-refractivity contribution in [3.63, 3.8) is 0 Å². The fraction of sp³-hybridized carbons (Fsp3) is 0.190. The Labute approximate surface area is 187 Å². The average molecular weight is 459 g/mol. The van der Waals surface area contributed by atoms with Gasteiger partial charge in [0.1, 0.15) is 12.4 Å². The Balaban J connectivity index is 1.39. The molecular weight excluding hydrogens is 440 g/mol. The van der Waals surface area contributed by atoms with Gasteiger partial charge in [-0.3, -0.25) is 14.8 Å². The number of thiophene rings is 1. The topological polar surface area (TPSA) is 69.0 Å². The fourth-order valence-electron chi connectivity index (χ4n) is 2.97. The summed E-state index contributed by atoms with van der Waals surface area (Å²) in [4.78, 5) is 17.7. The Morgan fingerprint density at radius 1 is 1.23 bits per heavy atom. The second-order valence-electron chi connectivity index (χ2n) is 6.81. The molecule has 0 spiro atoms. The van der Waals surface area contributed by atoms with E-state index in [1.807, 2.05) is 56.1 Å². The highest BCUT2D eigenvalue weighted by Gasteiger charge is 2.14. The van der Waals surface area contributed by atoms with Crippen LogP contribution in [0.2, 0.25) is 5.02 Å². The van der Waals surface area contributed by atoms with E-state index in [4.69, 9.17) is 16.3 Å². The van der Waals surface area contributed by atoms with E-state index in [0.717, 1.165) is 33.8 Å². The molecule has 0 atom stereocenters. The molecule has 0 unspecified atom stereocenters. The van der Waals surface area contributed by atoms with E-state index in [-0.39, 0.29) is 5.91 Å². The molecule has 6 nitrogen and oxygen atoms in total. The molecule has 0 fully saturated rings. The molecular formula is C21H19ClN4O2S2. The van der Waals surface area contributed by atoms with Gasteiger partial charge in [0.25, 0.3) is 5.91 Å². The summed E-state index contributed by atoms with van der Waals surface area (Å²) < 4.78 is 7.61. The van der Waals surface area contributed by atoms with Crippen molar-refractivity contribution in [1.82, 2.24) is 14.8 Å². The van der Waals surface area contributed by atoms with E-state index in [1.54, 1.807) is 10.7 Å². The molecule has 1 N–H and O–H groups in total. The predicted octanol–water partition coefficient (Wildman–Crippen LogP) is 5.71. The molecule has 4 rings (SSSR count). The maximum absolute atomic E-state index is 12.6. The van der Waals surface area contributed by atoms with Crippen LogP contribution in [0.15, 0.2) is 41.2 Å². The van der Waals surface area contributed by atoms with Gasteiger partial charge in [-0.2, -0.15) is 5.10 Å². The zero-order valence-corrected chi connectivity index (χ0v) is 19.0. The number of nitrogens with one attached hydrogen (secondary N) is 1. The number of aromatic nitrogens is 3. The number of ether oxygens (including phenoxy) is 1. The summed E-state index contributed by atoms with van der Waals surface area (Å²) in [7, 11) is 1.87. The van der Waals surface area contributed by atoms with Crippen molar-refractivity contribution in [2.75, 3.05) is 5.32 Å². The number of halogens is 1. The van der Waals surface area contributed by atoms with Gasteiger partial charge in [0, 0.05) is 34.8 Å². The van der Waals surface area contributed by atoms with Gasteiger partial charge in [-0.25, -0.2) is 4.98 Å². The van der Waals surface area contributed by atoms with E-state index < -0.39 is 0 Å². The van der Waals surface area contributed by atoms with Crippen molar-refractivity contribution in [2.24, 2.45) is 7.05 Å². The van der Waals surface area contributed by atoms with Gasteiger partial charge < -0.3 is 4.74 Å². The molecule has 9 heteroatoms. The molecule has 0 aliphatic heterocycles. The summed E-state index contributed by atoms with van der Waals surface area (Å²) in [6.45, 7) is 4.27. The number of nitrogens with zero attached hydrogens (tertiary/aromatic N) is 3. The van der Waals surface area contributed by atoms with Crippen LogP contribution in [-0.2, 0) is 13.7 Å². The van der Waals surface area contributed by atoms with E-state index in [9.17, 15) is 4.79 Å². The number of amides is 1. The Morgan fingerprint density at radius 3 is 2.80 bits per heavy atom. The molecule has 154 valence electrons. The van der Waals surface area contributed by atoms with Crippen LogP contribution in [0.25, 0.3) is 11.3 Å². The minimum Gasteiger partial charge on any atom is -0.489 e. The van der Waals surface area contributed by atoms with Crippen LogP contribution < -0.4 is 10.1 Å². The first-order valence-corrected chi connectivity index (χ1v) is 11.3. The first-order chi connectivity index (χ1) is 14.4. The standard InChI is InChI=1S/C21H19ClN4O2S2/c1-12-6-15(22)4-5-18(12)28-9-14-7-19(29-10-14)20(27)24-21-23-17(11-30-21)16-8-26(3)25-13(16)2/h4-8,10-11H,9H2,1-3H3,(H,23,24,27). The highest BCUT2D eigenvalue weighted by Crippen LogP contribution is 2.28. The van der Waals surface area contributed by atoms with Crippen LogP contribution in [-0.4, -0.2) is 20.7 Å². The van der Waals surface area contributed by atoms with Crippen LogP contribution in [0.5, 0.6) is 5.75 Å². The summed E-state index contributed by atoms with van der Waals surface area (Å²) in [6.07, 6.45) is 1.92. The molecule has 1 amide bonds. The third kappa shape index (κ3) is 4.56. The van der Waals surface area contributed by atoms with Crippen molar-refractivity contribution < 1.29 is 9.53 Å². The van der Waals surface area contributed by atoms with Crippen LogP contribution >= 0.6 is 34.3 Å². The molecule has 3 aromatic heterocycles. The van der Waals surface area contributed by atoms with Crippen LogP contribution in [0.4, 0.5) is 5.13 Å². The molecule has 0 aliphatic carbocycles. The van der Waals surface area contributed by atoms with Gasteiger partial charge in [0.05, 0.1) is 16.3 Å². The van der Waals surface area contributed by atoms with Gasteiger partial charge >= 0.3 is 0 Å². The molecule has 0 saturated heterocycles. The van der Waals surface area contributed by atoms with E-state index in [1.165, 1.54) is 22.7 Å². The molecule has 0 saturated carbocycles. The quantitative estimate of drug-likeness (QED) is 0.402. The SMILES string of the molecule is Cc1cc(Cl)ccc1OCc1csc(C(=O)Nc2nc(-c3cn(C)nc3C)cs2)c1. The van der Waals surface area contributed by atoms with E-state index >= 15 is 0 Å². The Bertz CT molecular complexity index is 1210. The summed E-state index contributed by atoms with van der Waals surface area (Å²) in [5, 5.41) is 12.3. The number of rotatable bonds is 6. The zero-order chi connectivity index (χ0) is 21.3. The third-order valence-electron chi connectivity index (χ3n) is 4.42. The first-order valence-electron chi connectivity index (χ1n) is 9.13. The smallest absolute Gasteiger partial charge is 0.267 e.